The standard InChI is InChI=1S/C16H13F3N2O4S3/c1-28(25)10-6-7-14(12(8-10)21(23)24)26-9-15(22)20-11-4-2-3-5-13(11)27-16(17,18)19/h2-8H,9H2,1H3,(H,20,22). The Morgan fingerprint density at radius 2 is 1.89 bits per heavy atom. The Kier molecular flexibility index (Phi) is 7.49. The van der Waals surface area contributed by atoms with E-state index in [9.17, 15) is 32.3 Å². The van der Waals surface area contributed by atoms with E-state index in [1.807, 2.05) is 0 Å². The molecule has 28 heavy (non-hydrogen) atoms. The number of nitro benzene ring substituents is 1. The number of nitro groups is 1. The van der Waals surface area contributed by atoms with Gasteiger partial charge in [0.2, 0.25) is 5.91 Å². The van der Waals surface area contributed by atoms with E-state index in [4.69, 9.17) is 0 Å². The third-order valence-corrected chi connectivity index (χ3v) is 5.99. The molecule has 2 aromatic carbocycles. The summed E-state index contributed by atoms with van der Waals surface area (Å²) in [5.74, 6) is -0.863. The number of carbonyl (C=O) groups excluding carboxylic acids is 1. The smallest absolute Gasteiger partial charge is 0.324 e. The third kappa shape index (κ3) is 6.53. The molecule has 1 unspecified atom stereocenters. The first kappa shape index (κ1) is 22.2. The van der Waals surface area contributed by atoms with Crippen molar-refractivity contribution < 1.29 is 27.1 Å². The Labute approximate surface area is 168 Å². The topological polar surface area (TPSA) is 89.3 Å². The minimum Gasteiger partial charge on any atom is -0.324 e. The van der Waals surface area contributed by atoms with Crippen LogP contribution in [0.5, 0.6) is 0 Å². The van der Waals surface area contributed by atoms with Crippen molar-refractivity contribution >= 4 is 51.6 Å². The van der Waals surface area contributed by atoms with E-state index in [0.29, 0.717) is 0 Å². The van der Waals surface area contributed by atoms with Gasteiger partial charge in [-0.05, 0) is 36.0 Å². The monoisotopic (exact) mass is 450 g/mol. The number of hydrogen-bond acceptors (Lipinski definition) is 6. The second kappa shape index (κ2) is 9.43. The van der Waals surface area contributed by atoms with Crippen LogP contribution in [0.2, 0.25) is 0 Å². The fourth-order valence-corrected chi connectivity index (χ4v) is 4.02. The Morgan fingerprint density at radius 1 is 1.21 bits per heavy atom. The van der Waals surface area contributed by atoms with Crippen molar-refractivity contribution in [2.75, 3.05) is 17.3 Å². The van der Waals surface area contributed by atoms with Crippen molar-refractivity contribution in [3.05, 3.63) is 52.6 Å². The summed E-state index contributed by atoms with van der Waals surface area (Å²) < 4.78 is 49.3. The molecule has 2 aromatic rings. The molecule has 0 bridgehead atoms. The number of hydrogen-bond donors (Lipinski definition) is 1. The first-order valence-corrected chi connectivity index (χ1v) is 10.8. The summed E-state index contributed by atoms with van der Waals surface area (Å²) in [6, 6.07) is 9.49. The average Bonchev–Trinajstić information content (AvgIpc) is 2.60. The van der Waals surface area contributed by atoms with Crippen molar-refractivity contribution in [1.29, 1.82) is 0 Å². The van der Waals surface area contributed by atoms with Crippen LogP contribution in [0.3, 0.4) is 0 Å². The molecule has 0 aliphatic carbocycles. The summed E-state index contributed by atoms with van der Waals surface area (Å²) in [5.41, 5.74) is -4.79. The minimum atomic E-state index is -4.50. The lowest BCUT2D eigenvalue weighted by molar-refractivity contribution is -0.387. The van der Waals surface area contributed by atoms with Crippen LogP contribution in [-0.2, 0) is 15.6 Å². The maximum Gasteiger partial charge on any atom is 0.446 e. The number of para-hydroxylation sites is 1. The first-order chi connectivity index (χ1) is 13.1. The summed E-state index contributed by atoms with van der Waals surface area (Å²) in [7, 11) is -1.40. The summed E-state index contributed by atoms with van der Waals surface area (Å²) >= 11 is 0.515. The van der Waals surface area contributed by atoms with Crippen molar-refractivity contribution in [2.24, 2.45) is 0 Å². The Bertz CT molecular complexity index is 922. The summed E-state index contributed by atoms with van der Waals surface area (Å²) in [5, 5.41) is 13.6. The molecule has 0 saturated carbocycles. The van der Waals surface area contributed by atoms with Gasteiger partial charge in [0.05, 0.1) is 32.1 Å². The van der Waals surface area contributed by atoms with Crippen LogP contribution in [0.25, 0.3) is 0 Å². The molecule has 0 aromatic heterocycles. The minimum absolute atomic E-state index is 0.00153. The second-order valence-electron chi connectivity index (χ2n) is 5.22. The molecule has 0 spiro atoms. The highest BCUT2D eigenvalue weighted by Crippen LogP contribution is 2.40. The predicted octanol–water partition coefficient (Wildman–Crippen LogP) is 4.67. The highest BCUT2D eigenvalue weighted by atomic mass is 32.2. The van der Waals surface area contributed by atoms with Crippen molar-refractivity contribution in [2.45, 2.75) is 20.2 Å². The zero-order valence-corrected chi connectivity index (χ0v) is 16.6. The zero-order valence-electron chi connectivity index (χ0n) is 14.2. The van der Waals surface area contributed by atoms with Gasteiger partial charge in [0.1, 0.15) is 0 Å². The van der Waals surface area contributed by atoms with Crippen LogP contribution in [-0.4, -0.2) is 32.6 Å². The lowest BCUT2D eigenvalue weighted by Crippen LogP contribution is -2.15. The number of halogens is 3. The van der Waals surface area contributed by atoms with Gasteiger partial charge in [0.15, 0.2) is 0 Å². The number of rotatable bonds is 7. The molecule has 1 amide bonds. The number of benzene rings is 2. The molecule has 0 heterocycles. The molecule has 2 rings (SSSR count). The first-order valence-electron chi connectivity index (χ1n) is 7.46. The lowest BCUT2D eigenvalue weighted by Gasteiger charge is -2.12. The molecule has 6 nitrogen and oxygen atoms in total. The zero-order chi connectivity index (χ0) is 20.9. The predicted molar refractivity (Wildman–Crippen MR) is 103 cm³/mol. The van der Waals surface area contributed by atoms with Crippen molar-refractivity contribution in [3.63, 3.8) is 0 Å². The van der Waals surface area contributed by atoms with Gasteiger partial charge in [-0.1, -0.05) is 12.1 Å². The van der Waals surface area contributed by atoms with Crippen LogP contribution in [0.1, 0.15) is 0 Å². The number of thioether (sulfide) groups is 2. The molecule has 0 fully saturated rings. The van der Waals surface area contributed by atoms with Crippen LogP contribution in [0.4, 0.5) is 24.5 Å². The maximum atomic E-state index is 12.6. The fourth-order valence-electron chi connectivity index (χ4n) is 2.05. The number of nitrogens with zero attached hydrogens (tertiary/aromatic N) is 1. The highest BCUT2D eigenvalue weighted by Gasteiger charge is 2.30. The normalized spacial score (nSPS) is 12.4. The Balaban J connectivity index is 2.10. The third-order valence-electron chi connectivity index (χ3n) is 3.20. The Hall–Kier alpha value is -2.05. The van der Waals surface area contributed by atoms with Crippen LogP contribution in [0, 0.1) is 10.1 Å². The maximum absolute atomic E-state index is 12.6. The average molecular weight is 450 g/mol. The summed E-state index contributed by atoms with van der Waals surface area (Å²) in [4.78, 5) is 23.0. The lowest BCUT2D eigenvalue weighted by atomic mass is 10.3. The summed E-state index contributed by atoms with van der Waals surface area (Å²) in [6.45, 7) is 0. The molecule has 0 aliphatic heterocycles. The molecule has 150 valence electrons. The quantitative estimate of drug-likeness (QED) is 0.374. The second-order valence-corrected chi connectivity index (χ2v) is 8.73. The van der Waals surface area contributed by atoms with Gasteiger partial charge < -0.3 is 5.32 Å². The number of carbonyl (C=O) groups is 1. The molecular formula is C16H13F3N2O4S3. The number of amides is 1. The summed E-state index contributed by atoms with van der Waals surface area (Å²) in [6.07, 6.45) is 1.38. The number of nitrogens with one attached hydrogen (secondary N) is 1. The van der Waals surface area contributed by atoms with E-state index in [-0.39, 0.29) is 43.6 Å². The molecular weight excluding hydrogens is 437 g/mol. The van der Waals surface area contributed by atoms with Gasteiger partial charge in [-0.25, -0.2) is 0 Å². The van der Waals surface area contributed by atoms with Crippen LogP contribution < -0.4 is 5.32 Å². The van der Waals surface area contributed by atoms with E-state index in [0.717, 1.165) is 11.8 Å². The molecule has 1 N–H and O–H groups in total. The van der Waals surface area contributed by atoms with Crippen LogP contribution in [0.15, 0.2) is 57.2 Å². The van der Waals surface area contributed by atoms with Crippen LogP contribution >= 0.6 is 23.5 Å². The van der Waals surface area contributed by atoms with E-state index < -0.39 is 27.1 Å². The Morgan fingerprint density at radius 3 is 2.50 bits per heavy atom. The van der Waals surface area contributed by atoms with Gasteiger partial charge in [-0.2, -0.15) is 13.2 Å². The molecule has 1 atom stereocenters. The number of anilines is 1. The van der Waals surface area contributed by atoms with Crippen molar-refractivity contribution in [1.82, 2.24) is 0 Å². The van der Waals surface area contributed by atoms with E-state index in [1.165, 1.54) is 48.7 Å². The fraction of sp³-hybridized carbons (Fsp3) is 0.188. The van der Waals surface area contributed by atoms with Gasteiger partial charge in [-0.15, -0.1) is 11.8 Å². The van der Waals surface area contributed by atoms with Gasteiger partial charge in [0.25, 0.3) is 5.69 Å². The largest absolute Gasteiger partial charge is 0.446 e. The molecule has 12 heteroatoms. The van der Waals surface area contributed by atoms with Gasteiger partial charge in [-0.3, -0.25) is 19.1 Å². The van der Waals surface area contributed by atoms with Gasteiger partial charge in [0, 0.05) is 22.1 Å². The SMILES string of the molecule is CS(=O)c1ccc(SCC(=O)Nc2ccccc2SC(F)(F)F)c([N+](=O)[O-])c1. The van der Waals surface area contributed by atoms with E-state index in [2.05, 4.69) is 5.32 Å². The molecule has 0 saturated heterocycles. The van der Waals surface area contributed by atoms with E-state index >= 15 is 0 Å². The number of alkyl halides is 3. The van der Waals surface area contributed by atoms with E-state index in [1.54, 1.807) is 0 Å². The van der Waals surface area contributed by atoms with Gasteiger partial charge >= 0.3 is 5.51 Å². The molecule has 0 radical (unpaired) electrons. The molecule has 0 aliphatic rings. The highest BCUT2D eigenvalue weighted by molar-refractivity contribution is 8.00. The van der Waals surface area contributed by atoms with Crippen molar-refractivity contribution in [3.8, 4) is 0 Å².